The van der Waals surface area contributed by atoms with E-state index in [9.17, 15) is 9.18 Å². The topological polar surface area (TPSA) is 76.4 Å². The van der Waals surface area contributed by atoms with Gasteiger partial charge < -0.3 is 19.8 Å². The molecule has 140 valence electrons. The van der Waals surface area contributed by atoms with Crippen molar-refractivity contribution in [2.24, 2.45) is 0 Å². The summed E-state index contributed by atoms with van der Waals surface area (Å²) in [6, 6.07) is 12.8. The molecule has 0 aliphatic carbocycles. The quantitative estimate of drug-likeness (QED) is 0.653. The van der Waals surface area contributed by atoms with Crippen LogP contribution in [0.4, 0.5) is 14.9 Å². The standard InChI is InChI=1S/C20H20FN3O3/c1-2-26-18-9-7-16(8-10-18)24-20(25)22-12-11-17-13-27-19(23-17)14-3-5-15(21)6-4-14/h3-10,13H,2,11-12H2,1H3,(H2,22,24,25). The first-order valence-electron chi connectivity index (χ1n) is 8.62. The molecular weight excluding hydrogens is 349 g/mol. The number of hydrogen-bond donors (Lipinski definition) is 2. The zero-order valence-electron chi connectivity index (χ0n) is 14.9. The van der Waals surface area contributed by atoms with Crippen LogP contribution in [0.15, 0.2) is 59.2 Å². The monoisotopic (exact) mass is 369 g/mol. The predicted octanol–water partition coefficient (Wildman–Crippen LogP) is 4.24. The molecule has 3 aromatic rings. The van der Waals surface area contributed by atoms with Crippen molar-refractivity contribution in [2.75, 3.05) is 18.5 Å². The SMILES string of the molecule is CCOc1ccc(NC(=O)NCCc2coc(-c3ccc(F)cc3)n2)cc1. The van der Waals surface area contributed by atoms with Crippen LogP contribution in [-0.4, -0.2) is 24.2 Å². The van der Waals surface area contributed by atoms with E-state index in [-0.39, 0.29) is 11.8 Å². The Kier molecular flexibility index (Phi) is 6.04. The van der Waals surface area contributed by atoms with Gasteiger partial charge in [0.05, 0.1) is 12.3 Å². The van der Waals surface area contributed by atoms with Crippen molar-refractivity contribution in [3.05, 3.63) is 66.3 Å². The molecule has 7 heteroatoms. The number of nitrogens with one attached hydrogen (secondary N) is 2. The van der Waals surface area contributed by atoms with Gasteiger partial charge in [-0.15, -0.1) is 0 Å². The Bertz CT molecular complexity index is 876. The van der Waals surface area contributed by atoms with Gasteiger partial charge in [-0.3, -0.25) is 0 Å². The Morgan fingerprint density at radius 3 is 2.59 bits per heavy atom. The minimum Gasteiger partial charge on any atom is -0.494 e. The second-order valence-corrected chi connectivity index (χ2v) is 5.74. The van der Waals surface area contributed by atoms with E-state index in [1.54, 1.807) is 36.4 Å². The molecule has 0 radical (unpaired) electrons. The fraction of sp³-hybridized carbons (Fsp3) is 0.200. The van der Waals surface area contributed by atoms with Crippen LogP contribution >= 0.6 is 0 Å². The average molecular weight is 369 g/mol. The summed E-state index contributed by atoms with van der Waals surface area (Å²) >= 11 is 0. The van der Waals surface area contributed by atoms with Crippen molar-refractivity contribution in [1.82, 2.24) is 10.3 Å². The maximum absolute atomic E-state index is 13.0. The second-order valence-electron chi connectivity index (χ2n) is 5.74. The van der Waals surface area contributed by atoms with E-state index in [4.69, 9.17) is 9.15 Å². The van der Waals surface area contributed by atoms with Crippen LogP contribution < -0.4 is 15.4 Å². The van der Waals surface area contributed by atoms with Gasteiger partial charge in [0.25, 0.3) is 0 Å². The Hall–Kier alpha value is -3.35. The maximum atomic E-state index is 13.0. The molecule has 0 saturated heterocycles. The molecular formula is C20H20FN3O3. The summed E-state index contributed by atoms with van der Waals surface area (Å²) in [7, 11) is 0. The van der Waals surface area contributed by atoms with Gasteiger partial charge in [0, 0.05) is 24.2 Å². The Morgan fingerprint density at radius 2 is 1.89 bits per heavy atom. The smallest absolute Gasteiger partial charge is 0.319 e. The van der Waals surface area contributed by atoms with E-state index in [0.29, 0.717) is 42.4 Å². The molecule has 0 fully saturated rings. The Balaban J connectivity index is 1.45. The highest BCUT2D eigenvalue weighted by molar-refractivity contribution is 5.89. The fourth-order valence-corrected chi connectivity index (χ4v) is 2.43. The van der Waals surface area contributed by atoms with Crippen LogP contribution in [0.2, 0.25) is 0 Å². The van der Waals surface area contributed by atoms with E-state index < -0.39 is 0 Å². The van der Waals surface area contributed by atoms with Gasteiger partial charge in [-0.1, -0.05) is 0 Å². The molecule has 0 saturated carbocycles. The lowest BCUT2D eigenvalue weighted by Crippen LogP contribution is -2.30. The number of carbonyl (C=O) groups is 1. The molecule has 0 aliphatic rings. The van der Waals surface area contributed by atoms with Gasteiger partial charge in [-0.2, -0.15) is 0 Å². The molecule has 2 amide bonds. The van der Waals surface area contributed by atoms with Crippen molar-refractivity contribution in [3.8, 4) is 17.2 Å². The third-order valence-electron chi connectivity index (χ3n) is 3.73. The summed E-state index contributed by atoms with van der Waals surface area (Å²) in [4.78, 5) is 16.3. The van der Waals surface area contributed by atoms with Gasteiger partial charge in [-0.05, 0) is 55.5 Å². The highest BCUT2D eigenvalue weighted by atomic mass is 19.1. The van der Waals surface area contributed by atoms with E-state index >= 15 is 0 Å². The number of rotatable bonds is 7. The van der Waals surface area contributed by atoms with Crippen LogP contribution in [-0.2, 0) is 6.42 Å². The molecule has 2 aromatic carbocycles. The molecule has 0 aliphatic heterocycles. The van der Waals surface area contributed by atoms with Crippen molar-refractivity contribution in [1.29, 1.82) is 0 Å². The highest BCUT2D eigenvalue weighted by Crippen LogP contribution is 2.19. The number of urea groups is 1. The summed E-state index contributed by atoms with van der Waals surface area (Å²) in [6.07, 6.45) is 2.05. The summed E-state index contributed by atoms with van der Waals surface area (Å²) in [5, 5.41) is 5.51. The predicted molar refractivity (Wildman–Crippen MR) is 100 cm³/mol. The van der Waals surface area contributed by atoms with E-state index in [2.05, 4.69) is 15.6 Å². The number of halogens is 1. The third kappa shape index (κ3) is 5.31. The Labute approximate surface area is 156 Å². The van der Waals surface area contributed by atoms with Crippen LogP contribution in [0.1, 0.15) is 12.6 Å². The lowest BCUT2D eigenvalue weighted by molar-refractivity contribution is 0.252. The lowest BCUT2D eigenvalue weighted by atomic mass is 10.2. The lowest BCUT2D eigenvalue weighted by Gasteiger charge is -2.08. The van der Waals surface area contributed by atoms with Crippen molar-refractivity contribution in [2.45, 2.75) is 13.3 Å². The minimum atomic E-state index is -0.312. The molecule has 1 heterocycles. The number of aromatic nitrogens is 1. The third-order valence-corrected chi connectivity index (χ3v) is 3.73. The first-order chi connectivity index (χ1) is 13.1. The summed E-state index contributed by atoms with van der Waals surface area (Å²) in [5.74, 6) is 0.864. The molecule has 2 N–H and O–H groups in total. The van der Waals surface area contributed by atoms with Gasteiger partial charge in [0.1, 0.15) is 17.8 Å². The summed E-state index contributed by atoms with van der Waals surface area (Å²) in [6.45, 7) is 2.91. The molecule has 6 nitrogen and oxygen atoms in total. The number of anilines is 1. The van der Waals surface area contributed by atoms with E-state index in [1.807, 2.05) is 6.92 Å². The molecule has 0 spiro atoms. The number of benzene rings is 2. The molecule has 27 heavy (non-hydrogen) atoms. The molecule has 0 unspecified atom stereocenters. The number of hydrogen-bond acceptors (Lipinski definition) is 4. The van der Waals surface area contributed by atoms with E-state index in [0.717, 1.165) is 5.75 Å². The first-order valence-corrected chi connectivity index (χ1v) is 8.62. The molecule has 3 rings (SSSR count). The average Bonchev–Trinajstić information content (AvgIpc) is 3.13. The van der Waals surface area contributed by atoms with Crippen molar-refractivity contribution in [3.63, 3.8) is 0 Å². The molecule has 0 bridgehead atoms. The second kappa shape index (κ2) is 8.84. The first kappa shape index (κ1) is 18.4. The van der Waals surface area contributed by atoms with Gasteiger partial charge in [0.2, 0.25) is 5.89 Å². The van der Waals surface area contributed by atoms with E-state index in [1.165, 1.54) is 18.4 Å². The van der Waals surface area contributed by atoms with Crippen LogP contribution in [0.5, 0.6) is 5.75 Å². The number of carbonyl (C=O) groups excluding carboxylic acids is 1. The minimum absolute atomic E-state index is 0.304. The van der Waals surface area contributed by atoms with Crippen LogP contribution in [0, 0.1) is 5.82 Å². The molecule has 1 aromatic heterocycles. The fourth-order valence-electron chi connectivity index (χ4n) is 2.43. The summed E-state index contributed by atoms with van der Waals surface area (Å²) < 4.78 is 23.7. The Morgan fingerprint density at radius 1 is 1.15 bits per heavy atom. The summed E-state index contributed by atoms with van der Waals surface area (Å²) in [5.41, 5.74) is 2.08. The van der Waals surface area contributed by atoms with Gasteiger partial charge in [-0.25, -0.2) is 14.2 Å². The van der Waals surface area contributed by atoms with Crippen LogP contribution in [0.25, 0.3) is 11.5 Å². The molecule has 0 atom stereocenters. The maximum Gasteiger partial charge on any atom is 0.319 e. The van der Waals surface area contributed by atoms with Crippen molar-refractivity contribution < 1.29 is 18.3 Å². The highest BCUT2D eigenvalue weighted by Gasteiger charge is 2.08. The van der Waals surface area contributed by atoms with Gasteiger partial charge in [0.15, 0.2) is 0 Å². The zero-order valence-corrected chi connectivity index (χ0v) is 14.9. The normalized spacial score (nSPS) is 10.4. The zero-order chi connectivity index (χ0) is 19.1. The number of ether oxygens (including phenoxy) is 1. The number of amides is 2. The van der Waals surface area contributed by atoms with Crippen LogP contribution in [0.3, 0.4) is 0 Å². The van der Waals surface area contributed by atoms with Crippen molar-refractivity contribution >= 4 is 11.7 Å². The largest absolute Gasteiger partial charge is 0.494 e. The number of nitrogens with zero attached hydrogens (tertiary/aromatic N) is 1. The van der Waals surface area contributed by atoms with Gasteiger partial charge >= 0.3 is 6.03 Å². The number of oxazole rings is 1.